The topological polar surface area (TPSA) is 45.1 Å². The highest BCUT2D eigenvalue weighted by molar-refractivity contribution is 6.02. The normalized spacial score (nSPS) is 24.6. The summed E-state index contributed by atoms with van der Waals surface area (Å²) in [4.78, 5) is 0. The first kappa shape index (κ1) is 36.6. The minimum atomic E-state index is 0.0369. The van der Waals surface area contributed by atoms with Gasteiger partial charge in [-0.3, -0.25) is 0 Å². The van der Waals surface area contributed by atoms with Gasteiger partial charge in [0.1, 0.15) is 0 Å². The van der Waals surface area contributed by atoms with Crippen molar-refractivity contribution >= 4 is 34.2 Å². The van der Waals surface area contributed by atoms with E-state index in [4.69, 9.17) is 0 Å². The first-order chi connectivity index (χ1) is 28.0. The lowest BCUT2D eigenvalue weighted by Gasteiger charge is -2.35. The lowest BCUT2D eigenvalue weighted by molar-refractivity contribution is -0.608. The number of hydrogen-bond acceptors (Lipinski definition) is 3. The van der Waals surface area contributed by atoms with Gasteiger partial charge in [-0.1, -0.05) is 55.7 Å². The molecule has 294 valence electrons. The molecule has 3 atom stereocenters. The molecule has 0 spiro atoms. The average molecular weight is 760 g/mol. The van der Waals surface area contributed by atoms with Crippen molar-refractivity contribution < 1.29 is 13.7 Å². The largest absolute Gasteiger partial charge is 0.323 e. The van der Waals surface area contributed by atoms with Gasteiger partial charge in [-0.25, -0.2) is 13.7 Å². The summed E-state index contributed by atoms with van der Waals surface area (Å²) in [6.07, 6.45) is 19.5. The average Bonchev–Trinajstić information content (AvgIpc) is 3.27. The highest BCUT2D eigenvalue weighted by Gasteiger charge is 2.44. The monoisotopic (exact) mass is 760 g/mol. The molecule has 0 radical (unpaired) electrons. The quantitative estimate of drug-likeness (QED) is 0.172. The zero-order valence-electron chi connectivity index (χ0n) is 34.6. The van der Waals surface area contributed by atoms with E-state index in [1.165, 1.54) is 164 Å². The summed E-state index contributed by atoms with van der Waals surface area (Å²) >= 11 is 0. The van der Waals surface area contributed by atoms with Crippen molar-refractivity contribution in [3.05, 3.63) is 124 Å². The molecule has 6 heteroatoms. The van der Waals surface area contributed by atoms with Gasteiger partial charge in [-0.2, -0.15) is 0 Å². The zero-order valence-corrected chi connectivity index (χ0v) is 34.6. The van der Waals surface area contributed by atoms with Crippen molar-refractivity contribution in [3.63, 3.8) is 0 Å². The van der Waals surface area contributed by atoms with Gasteiger partial charge in [0.25, 0.3) is 18.5 Å². The van der Waals surface area contributed by atoms with E-state index in [9.17, 15) is 0 Å². The molecule has 3 heterocycles. The van der Waals surface area contributed by atoms with Gasteiger partial charge < -0.3 is 16.0 Å². The Morgan fingerprint density at radius 1 is 0.368 bits per heavy atom. The highest BCUT2D eigenvalue weighted by atomic mass is 15.3. The van der Waals surface area contributed by atoms with Crippen LogP contribution in [0.2, 0.25) is 0 Å². The minimum absolute atomic E-state index is 0.0369. The summed E-state index contributed by atoms with van der Waals surface area (Å²) in [5.41, 5.74) is 16.1. The van der Waals surface area contributed by atoms with Gasteiger partial charge in [-0.15, -0.1) is 0 Å². The van der Waals surface area contributed by atoms with Crippen LogP contribution in [0.25, 0.3) is 0 Å². The number of nitrogens with zero attached hydrogens (tertiary/aromatic N) is 3. The van der Waals surface area contributed by atoms with Crippen LogP contribution in [0.15, 0.2) is 91.0 Å². The molecule has 3 unspecified atom stereocenters. The molecule has 6 nitrogen and oxygen atoms in total. The lowest BCUT2D eigenvalue weighted by Crippen LogP contribution is -2.44. The van der Waals surface area contributed by atoms with Crippen LogP contribution in [0.1, 0.15) is 169 Å². The van der Waals surface area contributed by atoms with E-state index in [1.807, 2.05) is 0 Å². The summed E-state index contributed by atoms with van der Waals surface area (Å²) in [5, 5.41) is 12.5. The number of para-hydroxylation sites is 3. The lowest BCUT2D eigenvalue weighted by atomic mass is 9.89. The van der Waals surface area contributed by atoms with Gasteiger partial charge in [0.2, 0.25) is 0 Å². The third kappa shape index (κ3) is 6.71. The molecule has 0 bridgehead atoms. The predicted molar refractivity (Wildman–Crippen MR) is 236 cm³/mol. The van der Waals surface area contributed by atoms with Gasteiger partial charge in [0.05, 0.1) is 33.8 Å². The Morgan fingerprint density at radius 2 is 0.632 bits per heavy atom. The van der Waals surface area contributed by atoms with Crippen LogP contribution >= 0.6 is 0 Å². The summed E-state index contributed by atoms with van der Waals surface area (Å²) in [6, 6.07) is 36.4. The van der Waals surface area contributed by atoms with Gasteiger partial charge >= 0.3 is 0 Å². The molecule has 0 amide bonds. The molecule has 3 aliphatic carbocycles. The van der Waals surface area contributed by atoms with Crippen LogP contribution in [0.4, 0.5) is 17.1 Å². The number of benzene rings is 4. The number of rotatable bonds is 6. The van der Waals surface area contributed by atoms with E-state index in [0.29, 0.717) is 18.1 Å². The Balaban J connectivity index is 1.19. The van der Waals surface area contributed by atoms with Gasteiger partial charge in [0, 0.05) is 76.0 Å². The summed E-state index contributed by atoms with van der Waals surface area (Å²) in [7, 11) is 0. The van der Waals surface area contributed by atoms with Crippen LogP contribution < -0.4 is 16.0 Å². The molecule has 4 aromatic carbocycles. The molecular weight excluding hydrogens is 697 g/mol. The number of fused-ring (bicyclic) bond motifs is 3. The van der Waals surface area contributed by atoms with Crippen LogP contribution in [0.5, 0.6) is 0 Å². The van der Waals surface area contributed by atoms with Crippen molar-refractivity contribution in [2.75, 3.05) is 16.0 Å². The molecule has 3 saturated carbocycles. The zero-order chi connectivity index (χ0) is 38.5. The second-order valence-corrected chi connectivity index (χ2v) is 18.1. The van der Waals surface area contributed by atoms with E-state index in [0.717, 1.165) is 0 Å². The summed E-state index contributed by atoms with van der Waals surface area (Å²) in [6.45, 7) is 7.16. The first-order valence-corrected chi connectivity index (χ1v) is 22.6. The Kier molecular flexibility index (Phi) is 10.00. The van der Waals surface area contributed by atoms with Crippen LogP contribution in [0.3, 0.4) is 0 Å². The number of hydrogen-bond donors (Lipinski definition) is 3. The molecule has 6 aliphatic rings. The van der Waals surface area contributed by atoms with Crippen LogP contribution in [-0.2, 0) is 0 Å². The molecule has 3 fully saturated rings. The van der Waals surface area contributed by atoms with Gasteiger partial charge in [-0.05, 0) is 93.1 Å². The smallest absolute Gasteiger partial charge is 0.253 e. The fourth-order valence-electron chi connectivity index (χ4n) is 11.9. The van der Waals surface area contributed by atoms with Crippen molar-refractivity contribution in [2.24, 2.45) is 0 Å². The Hall–Kier alpha value is -4.71. The molecule has 0 aromatic heterocycles. The molecule has 3 N–H and O–H groups in total. The van der Waals surface area contributed by atoms with E-state index < -0.39 is 0 Å². The number of nitrogens with one attached hydrogen (secondary N) is 3. The third-order valence-corrected chi connectivity index (χ3v) is 14.7. The minimum Gasteiger partial charge on any atom is -0.323 e. The third-order valence-electron chi connectivity index (χ3n) is 14.7. The summed E-state index contributed by atoms with van der Waals surface area (Å²) in [5.74, 6) is 0. The van der Waals surface area contributed by atoms with Gasteiger partial charge in [0.15, 0.2) is 35.3 Å². The summed E-state index contributed by atoms with van der Waals surface area (Å²) < 4.78 is 8.39. The fourth-order valence-corrected chi connectivity index (χ4v) is 11.9. The maximum atomic E-state index is 4.18. The first-order valence-electron chi connectivity index (χ1n) is 22.6. The SMILES string of the molecule is CC1=[N+](C2CCCCC2)C(c2cc(C3Nc4ccccc4C(C)=[N+]3C3CCCCC3)cc(C3Nc4ccccc4C(C)=[N+]3C3CCCCC3)c2)Nc2ccccc21. The Labute approximate surface area is 340 Å². The molecule has 10 rings (SSSR count). The molecule has 0 saturated heterocycles. The second-order valence-electron chi connectivity index (χ2n) is 18.1. The molecular formula is C51H63N6+3. The second kappa shape index (κ2) is 15.6. The molecule has 3 aliphatic heterocycles. The Bertz CT molecular complexity index is 1980. The van der Waals surface area contributed by atoms with Crippen molar-refractivity contribution in [2.45, 2.75) is 154 Å². The van der Waals surface area contributed by atoms with Crippen molar-refractivity contribution in [3.8, 4) is 0 Å². The van der Waals surface area contributed by atoms with Crippen LogP contribution in [-0.4, -0.2) is 49.0 Å². The Morgan fingerprint density at radius 3 is 0.912 bits per heavy atom. The standard InChI is InChI=1S/C51H60N6/c1-34-43-25-13-16-28-46(43)52-49(55(34)40-19-7-4-8-20-40)37-31-38(50-53-47-29-17-14-26-44(47)35(2)56(50)41-21-9-5-10-22-41)33-39(32-37)51-54-48-30-18-15-27-45(48)36(3)57(51)42-23-11-6-12-24-42/h13-18,25-33,40-42,49-51H,4-12,19-24H2,1-3H3/p+3. The van der Waals surface area contributed by atoms with E-state index in [-0.39, 0.29) is 18.5 Å². The van der Waals surface area contributed by atoms with Crippen molar-refractivity contribution in [1.82, 2.24) is 0 Å². The molecule has 57 heavy (non-hydrogen) atoms. The highest BCUT2D eigenvalue weighted by Crippen LogP contribution is 2.42. The van der Waals surface area contributed by atoms with Crippen molar-refractivity contribution in [1.29, 1.82) is 0 Å². The maximum Gasteiger partial charge on any atom is 0.253 e. The van der Waals surface area contributed by atoms with E-state index in [2.05, 4.69) is 141 Å². The number of anilines is 3. The fraction of sp³-hybridized carbons (Fsp3) is 0.471. The maximum absolute atomic E-state index is 4.18. The molecule has 4 aromatic rings. The van der Waals surface area contributed by atoms with Crippen LogP contribution in [0, 0.1) is 0 Å². The van der Waals surface area contributed by atoms with E-state index >= 15 is 0 Å². The predicted octanol–water partition coefficient (Wildman–Crippen LogP) is 11.5. The van der Waals surface area contributed by atoms with E-state index in [1.54, 1.807) is 0 Å².